The Balaban J connectivity index is 2.77. The van der Waals surface area contributed by atoms with Crippen molar-refractivity contribution in [3.63, 3.8) is 0 Å². The first-order chi connectivity index (χ1) is 7.81. The maximum Gasteiger partial charge on any atom is 0.0606 e. The zero-order valence-electron chi connectivity index (χ0n) is 9.89. The van der Waals surface area contributed by atoms with Crippen LogP contribution in [0.15, 0.2) is 24.3 Å². The Bertz CT molecular complexity index is 296. The molecule has 0 heterocycles. The quantitative estimate of drug-likeness (QED) is 0.735. The number of rotatable bonds is 7. The van der Waals surface area contributed by atoms with E-state index in [1.807, 2.05) is 17.0 Å². The molecular formula is C13H21NO2. The first-order valence-corrected chi connectivity index (χ1v) is 5.87. The molecule has 0 aliphatic carbocycles. The molecule has 0 aliphatic rings. The number of hydrogen-bond acceptors (Lipinski definition) is 3. The van der Waals surface area contributed by atoms with E-state index in [-0.39, 0.29) is 13.2 Å². The van der Waals surface area contributed by atoms with Crippen LogP contribution < -0.4 is 4.90 Å². The molecule has 0 unspecified atom stereocenters. The van der Waals surface area contributed by atoms with Crippen LogP contribution in [0.5, 0.6) is 0 Å². The normalized spacial score (nSPS) is 10.4. The summed E-state index contributed by atoms with van der Waals surface area (Å²) in [4.78, 5) is 2.00. The van der Waals surface area contributed by atoms with E-state index in [4.69, 9.17) is 10.2 Å². The molecule has 0 aromatic heterocycles. The fraction of sp³-hybridized carbons (Fsp3) is 0.538. The van der Waals surface area contributed by atoms with Gasteiger partial charge in [-0.2, -0.15) is 0 Å². The first-order valence-electron chi connectivity index (χ1n) is 5.87. The summed E-state index contributed by atoms with van der Waals surface area (Å²) in [6.45, 7) is 3.51. The Morgan fingerprint density at radius 2 is 1.81 bits per heavy atom. The van der Waals surface area contributed by atoms with Crippen LogP contribution in [0, 0.1) is 0 Å². The molecule has 0 saturated carbocycles. The van der Waals surface area contributed by atoms with Crippen molar-refractivity contribution >= 4 is 5.69 Å². The molecule has 0 spiro atoms. The van der Waals surface area contributed by atoms with E-state index in [0.717, 1.165) is 18.5 Å². The summed E-state index contributed by atoms with van der Waals surface area (Å²) in [6, 6.07) is 8.30. The van der Waals surface area contributed by atoms with Gasteiger partial charge in [0.2, 0.25) is 0 Å². The van der Waals surface area contributed by atoms with Crippen LogP contribution in [-0.2, 0) is 6.42 Å². The van der Waals surface area contributed by atoms with Gasteiger partial charge in [-0.15, -0.1) is 0 Å². The van der Waals surface area contributed by atoms with E-state index in [1.165, 1.54) is 5.56 Å². The summed E-state index contributed by atoms with van der Waals surface area (Å²) in [6.07, 6.45) is 2.20. The summed E-state index contributed by atoms with van der Waals surface area (Å²) < 4.78 is 0. The molecule has 1 aromatic carbocycles. The second-order valence-corrected chi connectivity index (χ2v) is 3.85. The number of aryl methyl sites for hydroxylation is 1. The Labute approximate surface area is 97.3 Å². The molecule has 0 saturated heterocycles. The minimum Gasteiger partial charge on any atom is -0.395 e. The van der Waals surface area contributed by atoms with E-state index in [1.54, 1.807) is 0 Å². The lowest BCUT2D eigenvalue weighted by Gasteiger charge is -2.23. The molecule has 0 atom stereocenters. The average molecular weight is 223 g/mol. The van der Waals surface area contributed by atoms with Crippen molar-refractivity contribution in [2.45, 2.75) is 19.8 Å². The van der Waals surface area contributed by atoms with Gasteiger partial charge >= 0.3 is 0 Å². The summed E-state index contributed by atoms with van der Waals surface area (Å²) in [5.41, 5.74) is 2.38. The Kier molecular flexibility index (Phi) is 5.90. The number of aliphatic hydroxyl groups is 2. The highest BCUT2D eigenvalue weighted by Gasteiger charge is 2.05. The van der Waals surface area contributed by atoms with Crippen LogP contribution in [0.4, 0.5) is 5.69 Å². The molecule has 3 nitrogen and oxygen atoms in total. The topological polar surface area (TPSA) is 43.7 Å². The lowest BCUT2D eigenvalue weighted by Crippen LogP contribution is -2.29. The van der Waals surface area contributed by atoms with Gasteiger partial charge in [0.1, 0.15) is 0 Å². The SMILES string of the molecule is CCCc1cccc(N(CCO)CCO)c1. The van der Waals surface area contributed by atoms with E-state index in [9.17, 15) is 0 Å². The molecule has 3 heteroatoms. The number of benzene rings is 1. The van der Waals surface area contributed by atoms with Crippen LogP contribution in [0.3, 0.4) is 0 Å². The van der Waals surface area contributed by atoms with Gasteiger partial charge in [0, 0.05) is 18.8 Å². The largest absolute Gasteiger partial charge is 0.395 e. The van der Waals surface area contributed by atoms with Crippen LogP contribution in [0.1, 0.15) is 18.9 Å². The molecule has 0 radical (unpaired) electrons. The van der Waals surface area contributed by atoms with Gasteiger partial charge in [-0.25, -0.2) is 0 Å². The van der Waals surface area contributed by atoms with Crippen molar-refractivity contribution in [3.05, 3.63) is 29.8 Å². The molecule has 1 rings (SSSR count). The summed E-state index contributed by atoms with van der Waals surface area (Å²) in [5, 5.41) is 17.9. The highest BCUT2D eigenvalue weighted by molar-refractivity contribution is 5.48. The molecular weight excluding hydrogens is 202 g/mol. The van der Waals surface area contributed by atoms with Crippen molar-refractivity contribution in [1.29, 1.82) is 0 Å². The summed E-state index contributed by atoms with van der Waals surface area (Å²) in [7, 11) is 0. The Morgan fingerprint density at radius 1 is 1.12 bits per heavy atom. The summed E-state index contributed by atoms with van der Waals surface area (Å²) >= 11 is 0. The van der Waals surface area contributed by atoms with E-state index >= 15 is 0 Å². The zero-order chi connectivity index (χ0) is 11.8. The third-order valence-corrected chi connectivity index (χ3v) is 2.55. The summed E-state index contributed by atoms with van der Waals surface area (Å²) in [5.74, 6) is 0. The third-order valence-electron chi connectivity index (χ3n) is 2.55. The smallest absolute Gasteiger partial charge is 0.0606 e. The van der Waals surface area contributed by atoms with Gasteiger partial charge in [-0.3, -0.25) is 0 Å². The Hall–Kier alpha value is -1.06. The molecule has 0 bridgehead atoms. The first kappa shape index (κ1) is 13.0. The van der Waals surface area contributed by atoms with Crippen LogP contribution >= 0.6 is 0 Å². The van der Waals surface area contributed by atoms with Crippen molar-refractivity contribution in [1.82, 2.24) is 0 Å². The number of aliphatic hydroxyl groups excluding tert-OH is 2. The average Bonchev–Trinajstić information content (AvgIpc) is 2.30. The van der Waals surface area contributed by atoms with Crippen LogP contribution in [0.2, 0.25) is 0 Å². The Morgan fingerprint density at radius 3 is 2.38 bits per heavy atom. The standard InChI is InChI=1S/C13H21NO2/c1-2-4-12-5-3-6-13(11-12)14(7-9-15)8-10-16/h3,5-6,11,15-16H,2,4,7-10H2,1H3. The number of hydrogen-bond donors (Lipinski definition) is 2. The monoisotopic (exact) mass is 223 g/mol. The second-order valence-electron chi connectivity index (χ2n) is 3.85. The van der Waals surface area contributed by atoms with Gasteiger partial charge < -0.3 is 15.1 Å². The maximum absolute atomic E-state index is 8.97. The zero-order valence-corrected chi connectivity index (χ0v) is 9.89. The third kappa shape index (κ3) is 3.83. The molecule has 0 amide bonds. The van der Waals surface area contributed by atoms with Crippen molar-refractivity contribution in [2.75, 3.05) is 31.2 Å². The molecule has 0 fully saturated rings. The molecule has 1 aromatic rings. The predicted octanol–water partition coefficient (Wildman–Crippen LogP) is 1.43. The van der Waals surface area contributed by atoms with Gasteiger partial charge in [0.05, 0.1) is 13.2 Å². The van der Waals surface area contributed by atoms with Crippen LogP contribution in [0.25, 0.3) is 0 Å². The van der Waals surface area contributed by atoms with Crippen molar-refractivity contribution in [2.24, 2.45) is 0 Å². The van der Waals surface area contributed by atoms with E-state index in [0.29, 0.717) is 13.1 Å². The molecule has 90 valence electrons. The van der Waals surface area contributed by atoms with Crippen LogP contribution in [-0.4, -0.2) is 36.5 Å². The van der Waals surface area contributed by atoms with Crippen molar-refractivity contribution in [3.8, 4) is 0 Å². The van der Waals surface area contributed by atoms with Crippen molar-refractivity contribution < 1.29 is 10.2 Å². The molecule has 0 aliphatic heterocycles. The fourth-order valence-corrected chi connectivity index (χ4v) is 1.81. The lowest BCUT2D eigenvalue weighted by atomic mass is 10.1. The fourth-order valence-electron chi connectivity index (χ4n) is 1.81. The second kappa shape index (κ2) is 7.25. The maximum atomic E-state index is 8.97. The van der Waals surface area contributed by atoms with Gasteiger partial charge in [0.25, 0.3) is 0 Å². The van der Waals surface area contributed by atoms with E-state index < -0.39 is 0 Å². The lowest BCUT2D eigenvalue weighted by molar-refractivity contribution is 0.281. The van der Waals surface area contributed by atoms with E-state index in [2.05, 4.69) is 19.1 Å². The highest BCUT2D eigenvalue weighted by Crippen LogP contribution is 2.16. The highest BCUT2D eigenvalue weighted by atomic mass is 16.3. The number of nitrogens with zero attached hydrogens (tertiary/aromatic N) is 1. The minimum atomic E-state index is 0.109. The number of anilines is 1. The minimum absolute atomic E-state index is 0.109. The molecule has 16 heavy (non-hydrogen) atoms. The molecule has 2 N–H and O–H groups in total. The predicted molar refractivity (Wildman–Crippen MR) is 66.8 cm³/mol. The van der Waals surface area contributed by atoms with Gasteiger partial charge in [-0.1, -0.05) is 25.5 Å². The van der Waals surface area contributed by atoms with Gasteiger partial charge in [-0.05, 0) is 24.1 Å². The van der Waals surface area contributed by atoms with Gasteiger partial charge in [0.15, 0.2) is 0 Å².